The molecule has 0 saturated heterocycles. The van der Waals surface area contributed by atoms with Gasteiger partial charge in [0.05, 0.1) is 35.2 Å². The van der Waals surface area contributed by atoms with E-state index < -0.39 is 61.1 Å². The topological polar surface area (TPSA) is 275 Å². The van der Waals surface area contributed by atoms with Crippen LogP contribution in [0, 0.1) is 5.92 Å². The average molecular weight is 921 g/mol. The largest absolute Gasteiger partial charge is 0.509 e. The normalized spacial score (nSPS) is 19.4. The molecule has 0 saturated carbocycles. The molecule has 7 heterocycles. The molecule has 24 heteroatoms. The summed E-state index contributed by atoms with van der Waals surface area (Å²) in [6, 6.07) is 0.357. The second kappa shape index (κ2) is 18.4. The molecule has 8 N–H and O–H groups in total. The van der Waals surface area contributed by atoms with Crippen LogP contribution >= 0.6 is 56.7 Å². The average Bonchev–Trinajstić information content (AvgIpc) is 4.08. The summed E-state index contributed by atoms with van der Waals surface area (Å²) >= 11 is 5.71. The highest BCUT2D eigenvalue weighted by atomic mass is 32.1. The molecule has 0 spiro atoms. The first-order valence-electron chi connectivity index (χ1n) is 18.5. The fourth-order valence-electron chi connectivity index (χ4n) is 5.96. The summed E-state index contributed by atoms with van der Waals surface area (Å²) in [5.41, 5.74) is 1.83. The van der Waals surface area contributed by atoms with E-state index in [9.17, 15) is 39.4 Å². The Morgan fingerprint density at radius 3 is 1.74 bits per heavy atom. The van der Waals surface area contributed by atoms with E-state index in [1.165, 1.54) is 41.3 Å². The minimum atomic E-state index is -1.79. The third-order valence-electron chi connectivity index (χ3n) is 9.21. The van der Waals surface area contributed by atoms with Gasteiger partial charge in [-0.2, -0.15) is 0 Å². The van der Waals surface area contributed by atoms with E-state index in [0.29, 0.717) is 47.7 Å². The second-order valence-corrected chi connectivity index (χ2v) is 18.4. The molecular weight excluding hydrogens is 884 g/mol. The number of carbonyl (C=O) groups excluding carboxylic acids is 4. The predicted molar refractivity (Wildman–Crippen MR) is 233 cm³/mol. The lowest BCUT2D eigenvalue weighted by atomic mass is 9.88. The summed E-state index contributed by atoms with van der Waals surface area (Å²) in [5, 5.41) is 61.7. The highest BCUT2D eigenvalue weighted by molar-refractivity contribution is 7.14. The van der Waals surface area contributed by atoms with Crippen molar-refractivity contribution in [2.75, 3.05) is 0 Å². The lowest BCUT2D eigenvalue weighted by molar-refractivity contribution is -0.124. The monoisotopic (exact) mass is 920 g/mol. The van der Waals surface area contributed by atoms with Gasteiger partial charge >= 0.3 is 7.12 Å². The molecule has 5 atom stereocenters. The molecule has 8 bridgehead atoms. The van der Waals surface area contributed by atoms with Crippen molar-refractivity contribution in [1.29, 1.82) is 0 Å². The van der Waals surface area contributed by atoms with Crippen molar-refractivity contribution in [2.45, 2.75) is 65.0 Å². The van der Waals surface area contributed by atoms with Crippen molar-refractivity contribution in [1.82, 2.24) is 51.2 Å². The molecular formula is C37H37BN10O8S5. The minimum Gasteiger partial charge on any atom is -0.422 e. The molecule has 316 valence electrons. The number of aromatic nitrogens is 6. The Balaban J connectivity index is 1.32. The number of amides is 4. The zero-order chi connectivity index (χ0) is 43.7. The van der Waals surface area contributed by atoms with Gasteiger partial charge in [-0.25, -0.2) is 29.9 Å². The molecule has 6 aromatic heterocycles. The number of nitrogens with zero attached hydrogens (tertiary/aromatic N) is 6. The summed E-state index contributed by atoms with van der Waals surface area (Å²) in [6.07, 6.45) is -0.861. The van der Waals surface area contributed by atoms with E-state index in [1.54, 1.807) is 35.9 Å². The summed E-state index contributed by atoms with van der Waals surface area (Å²) in [6.45, 7) is 8.31. The van der Waals surface area contributed by atoms with Crippen LogP contribution in [0.3, 0.4) is 0 Å². The fraction of sp³-hybridized carbons (Fsp3) is 0.297. The van der Waals surface area contributed by atoms with Crippen molar-refractivity contribution < 1.29 is 39.4 Å². The standard InChI is InChI=1S/C37H37BN10O8S5/c1-6-18-34-43-22(11-58-34)29(51)46-25(14(2)3)36-44-23(12-60-36)31(53)48-27(16(5)50)37-41-20(9-59-37)28-17(7-8-19(39-28)35-45-24(13-61-35)38(55)56)33-42-21(10-57-33)30(52)47-26(15(4)49)32(54)40-18/h6-16,25-27,49-50,55-56H,1-5H3,(H,40,54)(H,46,51)(H,47,52)(H,48,53)/b18-6-/t15-,16-,25+,26+,27+/m1/s1. The van der Waals surface area contributed by atoms with Gasteiger partial charge in [0.25, 0.3) is 17.7 Å². The van der Waals surface area contributed by atoms with Crippen LogP contribution in [0.25, 0.3) is 38.4 Å². The third-order valence-corrected chi connectivity index (χ3v) is 13.7. The molecule has 7 rings (SSSR count). The lowest BCUT2D eigenvalue weighted by Gasteiger charge is -2.21. The second-order valence-electron chi connectivity index (χ2n) is 14.0. The van der Waals surface area contributed by atoms with Gasteiger partial charge in [-0.3, -0.25) is 19.2 Å². The summed E-state index contributed by atoms with van der Waals surface area (Å²) in [5.74, 6) is -2.74. The van der Waals surface area contributed by atoms with Crippen LogP contribution < -0.4 is 26.9 Å². The van der Waals surface area contributed by atoms with Gasteiger partial charge in [-0.1, -0.05) is 19.9 Å². The van der Waals surface area contributed by atoms with Crippen molar-refractivity contribution >= 4 is 98.7 Å². The number of hydrogen-bond donors (Lipinski definition) is 8. The van der Waals surface area contributed by atoms with Gasteiger partial charge < -0.3 is 41.5 Å². The maximum Gasteiger partial charge on any atom is 0.509 e. The number of aliphatic hydroxyl groups is 2. The summed E-state index contributed by atoms with van der Waals surface area (Å²) < 4.78 is 0. The van der Waals surface area contributed by atoms with Crippen LogP contribution in [0.1, 0.15) is 93.2 Å². The van der Waals surface area contributed by atoms with Crippen molar-refractivity contribution in [2.24, 2.45) is 5.92 Å². The Kier molecular flexibility index (Phi) is 13.3. The van der Waals surface area contributed by atoms with Gasteiger partial charge in [-0.15, -0.1) is 56.7 Å². The first-order valence-corrected chi connectivity index (χ1v) is 22.9. The number of fused-ring (bicyclic) bond motifs is 11. The number of hydrogen-bond acceptors (Lipinski definition) is 19. The minimum absolute atomic E-state index is 0.0397. The molecule has 18 nitrogen and oxygen atoms in total. The number of rotatable bonds is 5. The number of allylic oxidation sites excluding steroid dienone is 1. The number of carbonyl (C=O) groups is 4. The van der Waals surface area contributed by atoms with Gasteiger partial charge in [0, 0.05) is 32.5 Å². The Labute approximate surface area is 368 Å². The van der Waals surface area contributed by atoms with Crippen LogP contribution in [0.5, 0.6) is 0 Å². The van der Waals surface area contributed by atoms with Crippen molar-refractivity contribution in [3.05, 3.63) is 77.2 Å². The third kappa shape index (κ3) is 9.51. The molecule has 0 fully saturated rings. The highest BCUT2D eigenvalue weighted by Gasteiger charge is 2.31. The van der Waals surface area contributed by atoms with E-state index in [2.05, 4.69) is 41.2 Å². The Bertz CT molecular complexity index is 2630. The number of pyridine rings is 1. The zero-order valence-corrected chi connectivity index (χ0v) is 36.9. The molecule has 6 aromatic rings. The molecule has 0 aliphatic carbocycles. The van der Waals surface area contributed by atoms with Crippen molar-refractivity contribution in [3.8, 4) is 32.7 Å². The Morgan fingerprint density at radius 1 is 0.607 bits per heavy atom. The van der Waals surface area contributed by atoms with Gasteiger partial charge in [0.2, 0.25) is 5.91 Å². The highest BCUT2D eigenvalue weighted by Crippen LogP contribution is 2.37. The Hall–Kier alpha value is -5.18. The van der Waals surface area contributed by atoms with Gasteiger partial charge in [0.1, 0.15) is 65.6 Å². The SMILES string of the molecule is C/C=C1\NC(=O)[C@H]([C@@H](C)O)NC(=O)c2csc(n2)-c2ccc(-c3nc(B(O)O)cs3)nc2-c2csc(n2)[C@H]([C@@H](C)O)NC(=O)c2csc(n2)[C@H](C(C)C)NC(=O)c2csc1n2. The summed E-state index contributed by atoms with van der Waals surface area (Å²) in [7, 11) is -1.79. The van der Waals surface area contributed by atoms with E-state index in [0.717, 1.165) is 45.3 Å². The Morgan fingerprint density at radius 2 is 1.13 bits per heavy atom. The smallest absolute Gasteiger partial charge is 0.422 e. The van der Waals surface area contributed by atoms with E-state index in [1.807, 2.05) is 13.8 Å². The lowest BCUT2D eigenvalue weighted by Crippen LogP contribution is -2.52. The number of thiazole rings is 5. The van der Waals surface area contributed by atoms with Gasteiger partial charge in [0.15, 0.2) is 0 Å². The predicted octanol–water partition coefficient (Wildman–Crippen LogP) is 2.99. The molecule has 4 amide bonds. The maximum absolute atomic E-state index is 13.7. The van der Waals surface area contributed by atoms with Crippen LogP contribution in [0.4, 0.5) is 0 Å². The van der Waals surface area contributed by atoms with Crippen LogP contribution in [-0.2, 0) is 4.79 Å². The first kappa shape index (κ1) is 43.9. The van der Waals surface area contributed by atoms with E-state index in [-0.39, 0.29) is 34.3 Å². The summed E-state index contributed by atoms with van der Waals surface area (Å²) in [4.78, 5) is 82.0. The molecule has 0 radical (unpaired) electrons. The van der Waals surface area contributed by atoms with Crippen molar-refractivity contribution in [3.63, 3.8) is 0 Å². The molecule has 1 aliphatic heterocycles. The van der Waals surface area contributed by atoms with E-state index in [4.69, 9.17) is 9.97 Å². The number of aliphatic hydroxyl groups excluding tert-OH is 2. The maximum atomic E-state index is 13.7. The van der Waals surface area contributed by atoms with Crippen LogP contribution in [0.2, 0.25) is 0 Å². The van der Waals surface area contributed by atoms with Crippen LogP contribution in [-0.4, -0.2) is 99.2 Å². The zero-order valence-electron chi connectivity index (χ0n) is 32.8. The molecule has 1 aliphatic rings. The van der Waals surface area contributed by atoms with Crippen LogP contribution in [0.15, 0.2) is 45.1 Å². The quantitative estimate of drug-likeness (QED) is 0.116. The molecule has 0 unspecified atom stereocenters. The molecule has 61 heavy (non-hydrogen) atoms. The first-order chi connectivity index (χ1) is 29.1. The van der Waals surface area contributed by atoms with E-state index >= 15 is 0 Å². The van der Waals surface area contributed by atoms with Gasteiger partial charge in [-0.05, 0) is 38.8 Å². The molecule has 0 aromatic carbocycles. The fourth-order valence-corrected chi connectivity index (χ4v) is 10.4. The number of nitrogens with one attached hydrogen (secondary N) is 4.